The molecule has 0 radical (unpaired) electrons. The van der Waals surface area contributed by atoms with Crippen molar-refractivity contribution in [2.24, 2.45) is 0 Å². The van der Waals surface area contributed by atoms with Crippen LogP contribution >= 0.6 is 11.6 Å². The first-order chi connectivity index (χ1) is 36.7. The number of hydrogen-bond donors (Lipinski definition) is 3. The number of anilines is 1. The first kappa shape index (κ1) is 75.0. The number of halogens is 4. The molecule has 3 N–H and O–H groups in total. The maximum Gasteiger partial charge on any atom is 0.416 e. The summed E-state index contributed by atoms with van der Waals surface area (Å²) in [6, 6.07) is 56.9. The third-order valence-corrected chi connectivity index (χ3v) is 10.9. The van der Waals surface area contributed by atoms with E-state index in [4.69, 9.17) is 31.3 Å². The Morgan fingerprint density at radius 2 is 0.870 bits per heavy atom. The molecule has 0 aliphatic carbocycles. The highest BCUT2D eigenvalue weighted by molar-refractivity contribution is 6.31. The van der Waals surface area contributed by atoms with Crippen LogP contribution in [-0.4, -0.2) is 31.5 Å². The molecule has 0 saturated carbocycles. The highest BCUT2D eigenvalue weighted by Gasteiger charge is 2.30. The molecule has 9 heteroatoms. The minimum absolute atomic E-state index is 0.139. The second kappa shape index (κ2) is 45.9. The monoisotopic (exact) mass is 1080 g/mol. The van der Waals surface area contributed by atoms with Crippen molar-refractivity contribution in [2.45, 2.75) is 153 Å². The fourth-order valence-corrected chi connectivity index (χ4v) is 6.57. The smallest absolute Gasteiger partial charge is 0.416 e. The fourth-order valence-electron chi connectivity index (χ4n) is 6.18. The summed E-state index contributed by atoms with van der Waals surface area (Å²) in [6.45, 7) is 33.3. The van der Waals surface area contributed by atoms with Crippen LogP contribution in [0.15, 0.2) is 182 Å². The second-order valence-corrected chi connectivity index (χ2v) is 18.2. The van der Waals surface area contributed by atoms with E-state index in [0.29, 0.717) is 28.7 Å². The predicted octanol–water partition coefficient (Wildman–Crippen LogP) is 21.4. The lowest BCUT2D eigenvalue weighted by Crippen LogP contribution is -2.04. The molecule has 0 aliphatic rings. The van der Waals surface area contributed by atoms with Crippen LogP contribution in [0.5, 0.6) is 17.2 Å². The standard InChI is InChI=1S/C10H11F3.C10H14O.C9H11ClO.2C9H12.C8H11NO.C7H8O.3C2H6/c1-7(2)8-3-5-9(6-4-8)10(11,12)13;1-8(2)10-5-3-4-9(6-10)7-11;1-6(2)8-4-3-7(11)5-9(8)10;2*1-8(2)9-6-4-3-5-7-9;1-9-7-5-3-4-6-8(7)10-2;1-8-7-5-3-2-4-6-7;3*1-2/h3-7H,1-2H3;3-6,8,11H,7H2,1-2H3;3-6,11H,1-2H3;2*3-8H,1-2H3;3-6,9H,1-2H3;2-6H,1H3;3*1-2H3. The molecule has 0 bridgehead atoms. The molecule has 0 fully saturated rings. The number of rotatable bonds is 9. The molecule has 0 unspecified atom stereocenters. The number of para-hydroxylation sites is 3. The number of benzene rings is 7. The van der Waals surface area contributed by atoms with E-state index in [0.717, 1.165) is 46.0 Å². The Labute approximate surface area is 470 Å². The number of hydrogen-bond acceptors (Lipinski definition) is 5. The third-order valence-electron chi connectivity index (χ3n) is 10.6. The first-order valence-corrected chi connectivity index (χ1v) is 27.4. The van der Waals surface area contributed by atoms with Crippen LogP contribution in [0.25, 0.3) is 0 Å². The molecule has 426 valence electrons. The van der Waals surface area contributed by atoms with Gasteiger partial charge in [-0.25, -0.2) is 0 Å². The van der Waals surface area contributed by atoms with Crippen LogP contribution in [0, 0.1) is 0 Å². The number of aromatic hydroxyl groups is 1. The Hall–Kier alpha value is -6.22. The Morgan fingerprint density at radius 3 is 1.19 bits per heavy atom. The number of phenols is 1. The van der Waals surface area contributed by atoms with Crippen molar-refractivity contribution < 1.29 is 32.9 Å². The zero-order valence-corrected chi connectivity index (χ0v) is 50.9. The van der Waals surface area contributed by atoms with Crippen molar-refractivity contribution in [1.82, 2.24) is 0 Å². The van der Waals surface area contributed by atoms with Gasteiger partial charge in [0.25, 0.3) is 0 Å². The number of nitrogens with one attached hydrogen (secondary N) is 1. The Bertz CT molecular complexity index is 2340. The number of methoxy groups -OCH3 is 2. The number of aliphatic hydroxyl groups excluding tert-OH is 1. The van der Waals surface area contributed by atoms with Crippen LogP contribution in [0.1, 0.15) is 179 Å². The molecule has 0 heterocycles. The lowest BCUT2D eigenvalue weighted by atomic mass is 10.0. The van der Waals surface area contributed by atoms with E-state index in [2.05, 4.69) is 115 Å². The predicted molar refractivity (Wildman–Crippen MR) is 330 cm³/mol. The molecule has 0 saturated heterocycles. The quantitative estimate of drug-likeness (QED) is 0.134. The van der Waals surface area contributed by atoms with Crippen LogP contribution in [0.2, 0.25) is 5.02 Å². The van der Waals surface area contributed by atoms with Gasteiger partial charge in [-0.3, -0.25) is 0 Å². The van der Waals surface area contributed by atoms with Gasteiger partial charge in [-0.05, 0) is 112 Å². The Kier molecular flexibility index (Phi) is 44.7. The van der Waals surface area contributed by atoms with Crippen LogP contribution in [0.4, 0.5) is 18.9 Å². The molecule has 0 aliphatic heterocycles. The molecule has 77 heavy (non-hydrogen) atoms. The zero-order chi connectivity index (χ0) is 59.4. The SMILES string of the molecule is CC.CC.CC.CC(C)c1ccc(C(F)(F)F)cc1.CC(C)c1ccc(O)cc1Cl.CC(C)c1cccc(CO)c1.CC(C)c1ccccc1.CC(C)c1ccccc1.CNc1ccccc1OC.COc1ccccc1. The average Bonchev–Trinajstić information content (AvgIpc) is 3.46. The van der Waals surface area contributed by atoms with E-state index in [9.17, 15) is 13.2 Å². The van der Waals surface area contributed by atoms with Crippen molar-refractivity contribution in [2.75, 3.05) is 26.6 Å². The molecule has 0 amide bonds. The van der Waals surface area contributed by atoms with Gasteiger partial charge in [-0.1, -0.05) is 256 Å². The minimum atomic E-state index is -4.23. The van der Waals surface area contributed by atoms with E-state index in [-0.39, 0.29) is 18.3 Å². The van der Waals surface area contributed by atoms with Gasteiger partial charge >= 0.3 is 6.18 Å². The number of phenolic OH excluding ortho intramolecular Hbond substituents is 1. The topological polar surface area (TPSA) is 71.0 Å². The molecule has 5 nitrogen and oxygen atoms in total. The molecule has 0 spiro atoms. The van der Waals surface area contributed by atoms with Crippen molar-refractivity contribution >= 4 is 17.3 Å². The number of ether oxygens (including phenoxy) is 2. The summed E-state index contributed by atoms with van der Waals surface area (Å²) in [5.41, 5.74) is 7.54. The van der Waals surface area contributed by atoms with E-state index in [1.165, 1.54) is 28.8 Å². The summed E-state index contributed by atoms with van der Waals surface area (Å²) in [5.74, 6) is 4.54. The average molecular weight is 1080 g/mol. The molecule has 7 aromatic rings. The van der Waals surface area contributed by atoms with E-state index in [1.807, 2.05) is 153 Å². The molecule has 0 aromatic heterocycles. The van der Waals surface area contributed by atoms with E-state index >= 15 is 0 Å². The summed E-state index contributed by atoms with van der Waals surface area (Å²) < 4.78 is 46.3. The fraction of sp³-hybridized carbons (Fsp3) is 0.382. The Morgan fingerprint density at radius 1 is 0.468 bits per heavy atom. The molecular formula is C68H97ClF3NO4. The summed E-state index contributed by atoms with van der Waals surface area (Å²) in [4.78, 5) is 0. The largest absolute Gasteiger partial charge is 0.508 e. The summed E-state index contributed by atoms with van der Waals surface area (Å²) in [7, 11) is 5.20. The first-order valence-electron chi connectivity index (χ1n) is 27.0. The van der Waals surface area contributed by atoms with Gasteiger partial charge in [0.05, 0.1) is 32.1 Å². The molecule has 0 atom stereocenters. The maximum atomic E-state index is 12.1. The van der Waals surface area contributed by atoms with Crippen molar-refractivity contribution in [3.8, 4) is 17.2 Å². The van der Waals surface area contributed by atoms with Gasteiger partial charge in [0, 0.05) is 12.1 Å². The van der Waals surface area contributed by atoms with Crippen molar-refractivity contribution in [1.29, 1.82) is 0 Å². The van der Waals surface area contributed by atoms with E-state index < -0.39 is 11.7 Å². The van der Waals surface area contributed by atoms with Gasteiger partial charge < -0.3 is 25.0 Å². The zero-order valence-electron chi connectivity index (χ0n) is 50.1. The number of alkyl halides is 3. The van der Waals surface area contributed by atoms with Crippen LogP contribution in [0.3, 0.4) is 0 Å². The maximum absolute atomic E-state index is 12.1. The van der Waals surface area contributed by atoms with Gasteiger partial charge in [0.2, 0.25) is 0 Å². The van der Waals surface area contributed by atoms with Gasteiger partial charge in [-0.15, -0.1) is 0 Å². The molecule has 7 aromatic carbocycles. The lowest BCUT2D eigenvalue weighted by Gasteiger charge is -2.09. The van der Waals surface area contributed by atoms with E-state index in [1.54, 1.807) is 26.4 Å². The van der Waals surface area contributed by atoms with Crippen LogP contribution < -0.4 is 14.8 Å². The van der Waals surface area contributed by atoms with Crippen molar-refractivity contribution in [3.05, 3.63) is 226 Å². The second-order valence-electron chi connectivity index (χ2n) is 17.8. The number of aliphatic hydroxyl groups is 1. The lowest BCUT2D eigenvalue weighted by molar-refractivity contribution is -0.137. The van der Waals surface area contributed by atoms with Gasteiger partial charge in [-0.2, -0.15) is 13.2 Å². The summed E-state index contributed by atoms with van der Waals surface area (Å²) in [6.07, 6.45) is -4.23. The summed E-state index contributed by atoms with van der Waals surface area (Å²) >= 11 is 5.86. The van der Waals surface area contributed by atoms with Gasteiger partial charge in [0.15, 0.2) is 0 Å². The summed E-state index contributed by atoms with van der Waals surface area (Å²) in [5, 5.41) is 21.5. The van der Waals surface area contributed by atoms with Crippen molar-refractivity contribution in [3.63, 3.8) is 0 Å². The highest BCUT2D eigenvalue weighted by atomic mass is 35.5. The molecular weight excluding hydrogens is 987 g/mol. The highest BCUT2D eigenvalue weighted by Crippen LogP contribution is 2.30. The van der Waals surface area contributed by atoms with Crippen LogP contribution in [-0.2, 0) is 12.8 Å². The molecule has 7 rings (SSSR count). The van der Waals surface area contributed by atoms with Gasteiger partial charge in [0.1, 0.15) is 17.2 Å². The third kappa shape index (κ3) is 34.9. The normalized spacial score (nSPS) is 9.73. The Balaban J connectivity index is -0.000000819. The minimum Gasteiger partial charge on any atom is -0.508 e.